The predicted molar refractivity (Wildman–Crippen MR) is 124 cm³/mol. The van der Waals surface area contributed by atoms with Gasteiger partial charge in [0, 0.05) is 35.8 Å². The highest BCUT2D eigenvalue weighted by molar-refractivity contribution is 5.89. The van der Waals surface area contributed by atoms with Crippen molar-refractivity contribution in [2.45, 2.75) is 26.9 Å². The van der Waals surface area contributed by atoms with Gasteiger partial charge in [-0.1, -0.05) is 24.3 Å². The average molecular weight is 445 g/mol. The molecule has 0 radical (unpaired) electrons. The van der Waals surface area contributed by atoms with Crippen LogP contribution in [0.25, 0.3) is 0 Å². The molecule has 4 rings (SSSR count). The van der Waals surface area contributed by atoms with Crippen molar-refractivity contribution in [1.82, 2.24) is 20.1 Å². The number of aromatic nitrogens is 3. The molecule has 7 nitrogen and oxygen atoms in total. The average Bonchev–Trinajstić information content (AvgIpc) is 3.10. The van der Waals surface area contributed by atoms with Crippen LogP contribution in [-0.2, 0) is 13.1 Å². The van der Waals surface area contributed by atoms with Gasteiger partial charge in [-0.25, -0.2) is 14.2 Å². The van der Waals surface area contributed by atoms with Crippen LogP contribution in [0.5, 0.6) is 11.6 Å². The summed E-state index contributed by atoms with van der Waals surface area (Å²) in [6.45, 7) is 4.78. The zero-order valence-electron chi connectivity index (χ0n) is 18.4. The van der Waals surface area contributed by atoms with Crippen LogP contribution in [0.3, 0.4) is 0 Å². The van der Waals surface area contributed by atoms with Crippen molar-refractivity contribution in [1.29, 1.82) is 0 Å². The van der Waals surface area contributed by atoms with E-state index in [-0.39, 0.29) is 12.6 Å². The van der Waals surface area contributed by atoms with E-state index in [0.29, 0.717) is 29.4 Å². The maximum absolute atomic E-state index is 13.4. The molecule has 0 atom stereocenters. The normalized spacial score (nSPS) is 10.6. The van der Waals surface area contributed by atoms with Crippen LogP contribution >= 0.6 is 0 Å². The minimum Gasteiger partial charge on any atom is -0.439 e. The topological polar surface area (TPSA) is 81.1 Å². The van der Waals surface area contributed by atoms with Gasteiger partial charge in [-0.05, 0) is 55.8 Å². The van der Waals surface area contributed by atoms with Crippen LogP contribution in [-0.4, -0.2) is 20.8 Å². The second kappa shape index (κ2) is 9.95. The zero-order chi connectivity index (χ0) is 23.2. The summed E-state index contributed by atoms with van der Waals surface area (Å²) in [5.74, 6) is 0.233. The van der Waals surface area contributed by atoms with E-state index in [2.05, 4.69) is 20.7 Å². The Balaban J connectivity index is 1.37. The molecule has 0 aliphatic rings. The predicted octanol–water partition coefficient (Wildman–Crippen LogP) is 5.20. The van der Waals surface area contributed by atoms with Crippen LogP contribution < -0.4 is 15.4 Å². The maximum atomic E-state index is 13.4. The Labute approximate surface area is 191 Å². The van der Waals surface area contributed by atoms with Gasteiger partial charge in [0.2, 0.25) is 5.88 Å². The number of aryl methyl sites for hydroxylation is 2. The number of nitrogens with zero attached hydrogens (tertiary/aromatic N) is 3. The van der Waals surface area contributed by atoms with E-state index in [1.165, 1.54) is 12.1 Å². The van der Waals surface area contributed by atoms with Crippen molar-refractivity contribution in [3.8, 4) is 11.6 Å². The number of benzene rings is 2. The molecule has 4 aromatic rings. The standard InChI is InChI=1S/C25H24FN5O2/c1-17-12-18(2)31(30-17)16-19-6-3-9-22(13-19)29-25(32)28-15-20-7-5-11-27-24(20)33-23-10-4-8-21(26)14-23/h3-14H,15-16H2,1-2H3,(H2,28,29,32). The Morgan fingerprint density at radius 1 is 1.06 bits per heavy atom. The molecule has 8 heteroatoms. The number of rotatable bonds is 7. The fourth-order valence-corrected chi connectivity index (χ4v) is 3.40. The molecule has 0 aliphatic carbocycles. The molecular weight excluding hydrogens is 421 g/mol. The van der Waals surface area contributed by atoms with Crippen molar-refractivity contribution >= 4 is 11.7 Å². The molecular formula is C25H24FN5O2. The fraction of sp³-hybridized carbons (Fsp3) is 0.160. The number of nitrogens with one attached hydrogen (secondary N) is 2. The molecule has 0 unspecified atom stereocenters. The summed E-state index contributed by atoms with van der Waals surface area (Å²) >= 11 is 0. The molecule has 0 aliphatic heterocycles. The van der Waals surface area contributed by atoms with Gasteiger partial charge in [-0.3, -0.25) is 4.68 Å². The first-order valence-electron chi connectivity index (χ1n) is 10.5. The lowest BCUT2D eigenvalue weighted by Gasteiger charge is -2.12. The first kappa shape index (κ1) is 22.0. The van der Waals surface area contributed by atoms with E-state index in [0.717, 1.165) is 17.0 Å². The fourth-order valence-electron chi connectivity index (χ4n) is 3.40. The Morgan fingerprint density at radius 3 is 2.70 bits per heavy atom. The van der Waals surface area contributed by atoms with Crippen LogP contribution in [0.4, 0.5) is 14.9 Å². The highest BCUT2D eigenvalue weighted by atomic mass is 19.1. The number of amides is 2. The molecule has 0 bridgehead atoms. The third kappa shape index (κ3) is 5.94. The van der Waals surface area contributed by atoms with Crippen molar-refractivity contribution in [2.75, 3.05) is 5.32 Å². The monoisotopic (exact) mass is 445 g/mol. The molecule has 0 saturated heterocycles. The summed E-state index contributed by atoms with van der Waals surface area (Å²) in [5.41, 5.74) is 4.41. The van der Waals surface area contributed by atoms with Gasteiger partial charge in [-0.2, -0.15) is 5.10 Å². The third-order valence-electron chi connectivity index (χ3n) is 4.92. The van der Waals surface area contributed by atoms with E-state index < -0.39 is 5.82 Å². The van der Waals surface area contributed by atoms with E-state index >= 15 is 0 Å². The molecule has 33 heavy (non-hydrogen) atoms. The van der Waals surface area contributed by atoms with E-state index in [9.17, 15) is 9.18 Å². The number of anilines is 1. The molecule has 2 amide bonds. The van der Waals surface area contributed by atoms with Crippen LogP contribution in [0.2, 0.25) is 0 Å². The van der Waals surface area contributed by atoms with Gasteiger partial charge in [0.15, 0.2) is 0 Å². The lowest BCUT2D eigenvalue weighted by molar-refractivity contribution is 0.251. The molecule has 2 N–H and O–H groups in total. The van der Waals surface area contributed by atoms with Gasteiger partial charge < -0.3 is 15.4 Å². The number of halogens is 1. The molecule has 0 fully saturated rings. The van der Waals surface area contributed by atoms with Crippen LogP contribution in [0.15, 0.2) is 72.9 Å². The number of carbonyl (C=O) groups excluding carboxylic acids is 1. The summed E-state index contributed by atoms with van der Waals surface area (Å²) in [5, 5.41) is 10.1. The third-order valence-corrected chi connectivity index (χ3v) is 4.92. The SMILES string of the molecule is Cc1cc(C)n(Cc2cccc(NC(=O)NCc3cccnc3Oc3cccc(F)c3)c2)n1. The Bertz CT molecular complexity index is 1270. The first-order chi connectivity index (χ1) is 16.0. The second-order valence-corrected chi connectivity index (χ2v) is 7.62. The molecule has 0 spiro atoms. The van der Waals surface area contributed by atoms with Crippen molar-refractivity contribution < 1.29 is 13.9 Å². The lowest BCUT2D eigenvalue weighted by atomic mass is 10.2. The molecule has 168 valence electrons. The smallest absolute Gasteiger partial charge is 0.319 e. The zero-order valence-corrected chi connectivity index (χ0v) is 18.4. The highest BCUT2D eigenvalue weighted by Crippen LogP contribution is 2.23. The largest absolute Gasteiger partial charge is 0.439 e. The summed E-state index contributed by atoms with van der Waals surface area (Å²) in [7, 11) is 0. The number of ether oxygens (including phenoxy) is 1. The Kier molecular flexibility index (Phi) is 6.64. The van der Waals surface area contributed by atoms with Gasteiger partial charge in [0.1, 0.15) is 11.6 Å². The van der Waals surface area contributed by atoms with Crippen molar-refractivity contribution in [2.24, 2.45) is 0 Å². The lowest BCUT2D eigenvalue weighted by Crippen LogP contribution is -2.28. The summed E-state index contributed by atoms with van der Waals surface area (Å²) in [4.78, 5) is 16.7. The Morgan fingerprint density at radius 2 is 1.91 bits per heavy atom. The summed E-state index contributed by atoms with van der Waals surface area (Å²) in [6, 6.07) is 18.6. The van der Waals surface area contributed by atoms with E-state index in [4.69, 9.17) is 4.74 Å². The number of carbonyl (C=O) groups is 1. The van der Waals surface area contributed by atoms with Gasteiger partial charge in [-0.15, -0.1) is 0 Å². The quantitative estimate of drug-likeness (QED) is 0.410. The molecule has 0 saturated carbocycles. The summed E-state index contributed by atoms with van der Waals surface area (Å²) in [6.07, 6.45) is 1.58. The summed E-state index contributed by atoms with van der Waals surface area (Å²) < 4.78 is 21.1. The maximum Gasteiger partial charge on any atom is 0.319 e. The number of pyridine rings is 1. The Hall–Kier alpha value is -4.20. The minimum atomic E-state index is -0.400. The number of urea groups is 1. The molecule has 2 aromatic carbocycles. The van der Waals surface area contributed by atoms with Gasteiger partial charge in [0.05, 0.1) is 12.2 Å². The van der Waals surface area contributed by atoms with Gasteiger partial charge >= 0.3 is 6.03 Å². The van der Waals surface area contributed by atoms with Gasteiger partial charge in [0.25, 0.3) is 0 Å². The van der Waals surface area contributed by atoms with Crippen LogP contribution in [0.1, 0.15) is 22.5 Å². The van der Waals surface area contributed by atoms with Crippen molar-refractivity contribution in [3.05, 3.63) is 101 Å². The van der Waals surface area contributed by atoms with Crippen molar-refractivity contribution in [3.63, 3.8) is 0 Å². The molecule has 2 heterocycles. The van der Waals surface area contributed by atoms with E-state index in [1.807, 2.05) is 48.9 Å². The minimum absolute atomic E-state index is 0.190. The second-order valence-electron chi connectivity index (χ2n) is 7.62. The molecule has 2 aromatic heterocycles. The number of hydrogen-bond acceptors (Lipinski definition) is 4. The number of hydrogen-bond donors (Lipinski definition) is 2. The first-order valence-corrected chi connectivity index (χ1v) is 10.5. The van der Waals surface area contributed by atoms with E-state index in [1.54, 1.807) is 30.5 Å². The highest BCUT2D eigenvalue weighted by Gasteiger charge is 2.10. The van der Waals surface area contributed by atoms with Crippen LogP contribution in [0, 0.1) is 19.7 Å².